The van der Waals surface area contributed by atoms with E-state index < -0.39 is 0 Å². The maximum atomic E-state index is 12.3. The minimum atomic E-state index is -0.213. The number of urea groups is 1. The number of benzene rings is 1. The lowest BCUT2D eigenvalue weighted by Gasteiger charge is -2.16. The molecule has 0 atom stereocenters. The molecule has 0 saturated heterocycles. The van der Waals surface area contributed by atoms with Crippen molar-refractivity contribution in [1.82, 2.24) is 15.5 Å². The van der Waals surface area contributed by atoms with E-state index in [-0.39, 0.29) is 12.6 Å². The van der Waals surface area contributed by atoms with Crippen LogP contribution in [0.1, 0.15) is 46.9 Å². The van der Waals surface area contributed by atoms with Crippen molar-refractivity contribution >= 4 is 11.7 Å². The first-order valence-electron chi connectivity index (χ1n) is 8.21. The molecule has 0 radical (unpaired) electrons. The van der Waals surface area contributed by atoms with E-state index >= 15 is 0 Å². The molecule has 0 saturated carbocycles. The van der Waals surface area contributed by atoms with Gasteiger partial charge in [-0.25, -0.2) is 4.79 Å². The van der Waals surface area contributed by atoms with Gasteiger partial charge in [0.2, 0.25) is 11.8 Å². The average molecular weight is 312 g/mol. The van der Waals surface area contributed by atoms with Crippen molar-refractivity contribution in [1.29, 1.82) is 0 Å². The number of nitrogens with one attached hydrogen (secondary N) is 2. The molecule has 1 heterocycles. The van der Waals surface area contributed by atoms with Gasteiger partial charge in [-0.1, -0.05) is 6.07 Å². The first-order chi connectivity index (χ1) is 11.2. The number of nitrogens with zero attached hydrogens (tertiary/aromatic N) is 2. The van der Waals surface area contributed by atoms with E-state index in [1.807, 2.05) is 0 Å². The predicted molar refractivity (Wildman–Crippen MR) is 85.4 cm³/mol. The molecular formula is C17H20N4O2. The number of fused-ring (bicyclic) bond motifs is 2. The smallest absolute Gasteiger partial charge is 0.319 e. The number of anilines is 1. The van der Waals surface area contributed by atoms with Crippen LogP contribution in [-0.4, -0.2) is 16.2 Å². The molecule has 0 fully saturated rings. The first kappa shape index (κ1) is 14.2. The monoisotopic (exact) mass is 312 g/mol. The zero-order valence-corrected chi connectivity index (χ0v) is 13.2. The molecule has 1 aromatic carbocycles. The van der Waals surface area contributed by atoms with Crippen LogP contribution in [0.15, 0.2) is 10.5 Å². The van der Waals surface area contributed by atoms with Gasteiger partial charge in [-0.2, -0.15) is 0 Å². The number of amides is 2. The van der Waals surface area contributed by atoms with Gasteiger partial charge >= 0.3 is 6.03 Å². The number of carbonyl (C=O) groups excluding carboxylic acids is 1. The Hall–Kier alpha value is -2.37. The SMILES string of the molecule is Cc1nnc(CNC(=O)Nc2c3c(cc4c2CCC4)CCC3)o1. The van der Waals surface area contributed by atoms with E-state index in [9.17, 15) is 4.79 Å². The molecule has 0 aliphatic heterocycles. The minimum Gasteiger partial charge on any atom is -0.424 e. The molecule has 6 heteroatoms. The predicted octanol–water partition coefficient (Wildman–Crippen LogP) is 2.68. The van der Waals surface area contributed by atoms with Crippen molar-refractivity contribution < 1.29 is 9.21 Å². The summed E-state index contributed by atoms with van der Waals surface area (Å²) in [5, 5.41) is 13.5. The molecule has 120 valence electrons. The molecule has 1 aromatic heterocycles. The third-order valence-electron chi connectivity index (χ3n) is 4.68. The summed E-state index contributed by atoms with van der Waals surface area (Å²) in [6.07, 6.45) is 6.72. The van der Waals surface area contributed by atoms with Crippen molar-refractivity contribution in [3.63, 3.8) is 0 Å². The maximum Gasteiger partial charge on any atom is 0.319 e. The normalized spacial score (nSPS) is 15.3. The van der Waals surface area contributed by atoms with Gasteiger partial charge in [0.05, 0.1) is 6.54 Å². The molecule has 4 rings (SSSR count). The lowest BCUT2D eigenvalue weighted by molar-refractivity contribution is 0.250. The fourth-order valence-corrected chi connectivity index (χ4v) is 3.69. The third kappa shape index (κ3) is 2.69. The summed E-state index contributed by atoms with van der Waals surface area (Å²) in [6.45, 7) is 1.97. The summed E-state index contributed by atoms with van der Waals surface area (Å²) in [5.41, 5.74) is 6.53. The average Bonchev–Trinajstić information content (AvgIpc) is 3.24. The Morgan fingerprint density at radius 2 is 1.83 bits per heavy atom. The highest BCUT2D eigenvalue weighted by molar-refractivity contribution is 5.92. The number of hydrogen-bond acceptors (Lipinski definition) is 4. The van der Waals surface area contributed by atoms with Crippen molar-refractivity contribution in [2.45, 2.75) is 52.0 Å². The van der Waals surface area contributed by atoms with Crippen LogP contribution in [0.3, 0.4) is 0 Å². The fourth-order valence-electron chi connectivity index (χ4n) is 3.69. The van der Waals surface area contributed by atoms with E-state index in [4.69, 9.17) is 4.42 Å². The second kappa shape index (κ2) is 5.68. The topological polar surface area (TPSA) is 80.0 Å². The number of rotatable bonds is 3. The Balaban J connectivity index is 1.51. The molecule has 2 amide bonds. The Bertz CT molecular complexity index is 734. The lowest BCUT2D eigenvalue weighted by Crippen LogP contribution is -2.29. The van der Waals surface area contributed by atoms with Gasteiger partial charge in [0.25, 0.3) is 0 Å². The van der Waals surface area contributed by atoms with Crippen LogP contribution in [0, 0.1) is 6.92 Å². The summed E-state index contributed by atoms with van der Waals surface area (Å²) >= 11 is 0. The van der Waals surface area contributed by atoms with Gasteiger partial charge in [-0.05, 0) is 60.8 Å². The van der Waals surface area contributed by atoms with E-state index in [1.54, 1.807) is 6.92 Å². The highest BCUT2D eigenvalue weighted by atomic mass is 16.4. The lowest BCUT2D eigenvalue weighted by atomic mass is 9.99. The van der Waals surface area contributed by atoms with Crippen LogP contribution in [0.2, 0.25) is 0 Å². The summed E-state index contributed by atoms with van der Waals surface area (Å²) in [7, 11) is 0. The first-order valence-corrected chi connectivity index (χ1v) is 8.21. The van der Waals surface area contributed by atoms with E-state index in [2.05, 4.69) is 26.9 Å². The summed E-state index contributed by atoms with van der Waals surface area (Å²) in [5.74, 6) is 0.919. The molecule has 2 aliphatic rings. The third-order valence-corrected chi connectivity index (χ3v) is 4.68. The van der Waals surface area contributed by atoms with Gasteiger partial charge in [0, 0.05) is 12.6 Å². The number of aromatic nitrogens is 2. The fraction of sp³-hybridized carbons (Fsp3) is 0.471. The maximum absolute atomic E-state index is 12.3. The van der Waals surface area contributed by atoms with Crippen LogP contribution in [-0.2, 0) is 32.2 Å². The molecule has 2 aromatic rings. The quantitative estimate of drug-likeness (QED) is 0.913. The Morgan fingerprint density at radius 3 is 2.43 bits per heavy atom. The zero-order valence-electron chi connectivity index (χ0n) is 13.2. The van der Waals surface area contributed by atoms with Crippen LogP contribution in [0.5, 0.6) is 0 Å². The molecule has 0 unspecified atom stereocenters. The standard InChI is InChI=1S/C17H20N4O2/c1-10-20-21-15(23-10)9-18-17(22)19-16-13-6-2-4-11(13)8-12-5-3-7-14(12)16/h8H,2-7,9H2,1H3,(H2,18,19,22). The van der Waals surface area contributed by atoms with E-state index in [0.717, 1.165) is 31.4 Å². The highest BCUT2D eigenvalue weighted by Gasteiger charge is 2.24. The Morgan fingerprint density at radius 1 is 1.13 bits per heavy atom. The van der Waals surface area contributed by atoms with E-state index in [0.29, 0.717) is 11.8 Å². The molecule has 2 aliphatic carbocycles. The minimum absolute atomic E-state index is 0.213. The zero-order chi connectivity index (χ0) is 15.8. The number of carbonyl (C=O) groups is 1. The molecule has 6 nitrogen and oxygen atoms in total. The van der Waals surface area contributed by atoms with Gasteiger partial charge in [0.15, 0.2) is 0 Å². The molecular weight excluding hydrogens is 292 g/mol. The van der Waals surface area contributed by atoms with Crippen LogP contribution in [0.4, 0.5) is 10.5 Å². The van der Waals surface area contributed by atoms with Crippen LogP contribution in [0.25, 0.3) is 0 Å². The number of aryl methyl sites for hydroxylation is 3. The van der Waals surface area contributed by atoms with Crippen molar-refractivity contribution in [2.24, 2.45) is 0 Å². The van der Waals surface area contributed by atoms with Gasteiger partial charge < -0.3 is 15.1 Å². The Labute approximate surface area is 134 Å². The van der Waals surface area contributed by atoms with Crippen molar-refractivity contribution in [2.75, 3.05) is 5.32 Å². The van der Waals surface area contributed by atoms with Gasteiger partial charge in [-0.3, -0.25) is 0 Å². The second-order valence-corrected chi connectivity index (χ2v) is 6.26. The molecule has 0 spiro atoms. The molecule has 2 N–H and O–H groups in total. The molecule has 23 heavy (non-hydrogen) atoms. The highest BCUT2D eigenvalue weighted by Crippen LogP contribution is 2.38. The molecule has 0 bridgehead atoms. The van der Waals surface area contributed by atoms with Crippen molar-refractivity contribution in [3.8, 4) is 0 Å². The number of hydrogen-bond donors (Lipinski definition) is 2. The van der Waals surface area contributed by atoms with Crippen molar-refractivity contribution in [3.05, 3.63) is 40.1 Å². The summed E-state index contributed by atoms with van der Waals surface area (Å²) in [6, 6.07) is 2.14. The van der Waals surface area contributed by atoms with Gasteiger partial charge in [-0.15, -0.1) is 10.2 Å². The second-order valence-electron chi connectivity index (χ2n) is 6.26. The Kier molecular flexibility index (Phi) is 3.52. The summed E-state index contributed by atoms with van der Waals surface area (Å²) in [4.78, 5) is 12.3. The van der Waals surface area contributed by atoms with Crippen LogP contribution < -0.4 is 10.6 Å². The van der Waals surface area contributed by atoms with Gasteiger partial charge in [0.1, 0.15) is 0 Å². The van der Waals surface area contributed by atoms with E-state index in [1.165, 1.54) is 35.1 Å². The summed E-state index contributed by atoms with van der Waals surface area (Å²) < 4.78 is 5.27. The largest absolute Gasteiger partial charge is 0.424 e. The van der Waals surface area contributed by atoms with Crippen LogP contribution >= 0.6 is 0 Å².